The van der Waals surface area contributed by atoms with Gasteiger partial charge in [-0.05, 0) is 18.6 Å². The number of carbonyl (C=O) groups is 1. The van der Waals surface area contributed by atoms with E-state index in [1.165, 1.54) is 10.9 Å². The Morgan fingerprint density at radius 2 is 2.33 bits per heavy atom. The second kappa shape index (κ2) is 4.87. The van der Waals surface area contributed by atoms with Crippen LogP contribution in [0, 0.1) is 6.92 Å². The van der Waals surface area contributed by atoms with Crippen molar-refractivity contribution in [2.24, 2.45) is 7.05 Å². The third kappa shape index (κ3) is 2.32. The summed E-state index contributed by atoms with van der Waals surface area (Å²) in [6.07, 6.45) is 3.16. The first-order valence-electron chi connectivity index (χ1n) is 5.55. The molecule has 3 N–H and O–H groups in total. The number of nitrogens with one attached hydrogen (secondary N) is 1. The van der Waals surface area contributed by atoms with E-state index in [1.54, 1.807) is 13.2 Å². The Labute approximate surface area is 105 Å². The number of rotatable bonds is 3. The minimum atomic E-state index is -0.245. The predicted octanol–water partition coefficient (Wildman–Crippen LogP) is 0.636. The minimum Gasteiger partial charge on any atom is -0.383 e. The van der Waals surface area contributed by atoms with E-state index >= 15 is 0 Å². The lowest BCUT2D eigenvalue weighted by molar-refractivity contribution is 0.0951. The zero-order chi connectivity index (χ0) is 13.1. The van der Waals surface area contributed by atoms with Gasteiger partial charge in [-0.1, -0.05) is 6.07 Å². The summed E-state index contributed by atoms with van der Waals surface area (Å²) in [6, 6.07) is 3.81. The maximum Gasteiger partial charge on any atom is 0.256 e. The molecule has 94 valence electrons. The maximum atomic E-state index is 11.9. The van der Waals surface area contributed by atoms with Crippen molar-refractivity contribution in [3.63, 3.8) is 0 Å². The van der Waals surface area contributed by atoms with Gasteiger partial charge in [-0.3, -0.25) is 14.5 Å². The van der Waals surface area contributed by atoms with E-state index in [9.17, 15) is 4.79 Å². The molecule has 0 saturated carbocycles. The molecule has 2 aromatic rings. The second-order valence-electron chi connectivity index (χ2n) is 4.02. The lowest BCUT2D eigenvalue weighted by Crippen LogP contribution is -2.24. The Hall–Kier alpha value is -2.37. The van der Waals surface area contributed by atoms with Gasteiger partial charge in [0.15, 0.2) is 0 Å². The zero-order valence-electron chi connectivity index (χ0n) is 10.3. The van der Waals surface area contributed by atoms with Gasteiger partial charge in [0.05, 0.1) is 18.4 Å². The van der Waals surface area contributed by atoms with Gasteiger partial charge in [-0.15, -0.1) is 0 Å². The number of amides is 1. The molecule has 0 aliphatic rings. The molecule has 0 radical (unpaired) electrons. The number of aromatic nitrogens is 3. The van der Waals surface area contributed by atoms with Gasteiger partial charge >= 0.3 is 0 Å². The lowest BCUT2D eigenvalue weighted by atomic mass is 10.2. The summed E-state index contributed by atoms with van der Waals surface area (Å²) in [6.45, 7) is 2.33. The fourth-order valence-corrected chi connectivity index (χ4v) is 1.58. The summed E-state index contributed by atoms with van der Waals surface area (Å²) < 4.78 is 1.46. The third-order valence-electron chi connectivity index (χ3n) is 2.76. The van der Waals surface area contributed by atoms with Crippen LogP contribution in [0.1, 0.15) is 21.6 Å². The van der Waals surface area contributed by atoms with Crippen LogP contribution in [-0.4, -0.2) is 20.7 Å². The van der Waals surface area contributed by atoms with Gasteiger partial charge in [0, 0.05) is 13.2 Å². The largest absolute Gasteiger partial charge is 0.383 e. The second-order valence-corrected chi connectivity index (χ2v) is 4.02. The summed E-state index contributed by atoms with van der Waals surface area (Å²) in [5.41, 5.74) is 7.99. The molecule has 6 heteroatoms. The SMILES string of the molecule is Cc1cccnc1CNC(=O)c1cnn(C)c1N. The topological polar surface area (TPSA) is 85.8 Å². The maximum absolute atomic E-state index is 11.9. The molecule has 2 rings (SSSR count). The van der Waals surface area contributed by atoms with Crippen molar-refractivity contribution < 1.29 is 4.79 Å². The van der Waals surface area contributed by atoms with Crippen LogP contribution >= 0.6 is 0 Å². The molecule has 2 heterocycles. The first-order valence-corrected chi connectivity index (χ1v) is 5.55. The van der Waals surface area contributed by atoms with Crippen molar-refractivity contribution in [3.8, 4) is 0 Å². The van der Waals surface area contributed by atoms with Crippen LogP contribution in [0.4, 0.5) is 5.82 Å². The highest BCUT2D eigenvalue weighted by molar-refractivity contribution is 5.98. The van der Waals surface area contributed by atoms with E-state index in [-0.39, 0.29) is 5.91 Å². The molecular weight excluding hydrogens is 230 g/mol. The summed E-state index contributed by atoms with van der Waals surface area (Å²) in [5.74, 6) is 0.107. The molecule has 0 fully saturated rings. The number of hydrogen-bond donors (Lipinski definition) is 2. The number of nitrogens with zero attached hydrogens (tertiary/aromatic N) is 3. The molecule has 6 nitrogen and oxygen atoms in total. The van der Waals surface area contributed by atoms with Crippen molar-refractivity contribution in [3.05, 3.63) is 41.3 Å². The summed E-state index contributed by atoms with van der Waals surface area (Å²) >= 11 is 0. The Kier molecular flexibility index (Phi) is 3.27. The van der Waals surface area contributed by atoms with E-state index in [4.69, 9.17) is 5.73 Å². The fraction of sp³-hybridized carbons (Fsp3) is 0.250. The standard InChI is InChI=1S/C12H15N5O/c1-8-4-3-5-14-10(8)7-15-12(18)9-6-16-17(2)11(9)13/h3-6H,7,13H2,1-2H3,(H,15,18). The first kappa shape index (κ1) is 12.1. The number of nitrogen functional groups attached to an aromatic ring is 1. The van der Waals surface area contributed by atoms with Crippen LogP contribution in [0.2, 0.25) is 0 Å². The molecule has 0 bridgehead atoms. The highest BCUT2D eigenvalue weighted by Gasteiger charge is 2.13. The smallest absolute Gasteiger partial charge is 0.256 e. The molecular formula is C12H15N5O. The van der Waals surface area contributed by atoms with Gasteiger partial charge in [-0.25, -0.2) is 0 Å². The Bertz CT molecular complexity index is 576. The summed E-state index contributed by atoms with van der Waals surface area (Å²) in [4.78, 5) is 16.1. The van der Waals surface area contributed by atoms with Crippen LogP contribution in [0.15, 0.2) is 24.5 Å². The predicted molar refractivity (Wildman–Crippen MR) is 67.8 cm³/mol. The van der Waals surface area contributed by atoms with Crippen LogP contribution in [0.5, 0.6) is 0 Å². The molecule has 0 aliphatic carbocycles. The summed E-state index contributed by atoms with van der Waals surface area (Å²) in [7, 11) is 1.69. The van der Waals surface area contributed by atoms with Crippen LogP contribution in [-0.2, 0) is 13.6 Å². The Morgan fingerprint density at radius 3 is 2.94 bits per heavy atom. The van der Waals surface area contributed by atoms with E-state index in [2.05, 4.69) is 15.4 Å². The molecule has 0 spiro atoms. The number of hydrogen-bond acceptors (Lipinski definition) is 4. The van der Waals surface area contributed by atoms with Gasteiger partial charge < -0.3 is 11.1 Å². The highest BCUT2D eigenvalue weighted by atomic mass is 16.1. The van der Waals surface area contributed by atoms with Crippen molar-refractivity contribution in [2.45, 2.75) is 13.5 Å². The molecule has 0 saturated heterocycles. The van der Waals surface area contributed by atoms with Crippen LogP contribution < -0.4 is 11.1 Å². The fourth-order valence-electron chi connectivity index (χ4n) is 1.58. The van der Waals surface area contributed by atoms with E-state index < -0.39 is 0 Å². The molecule has 0 aromatic carbocycles. The molecule has 1 amide bonds. The van der Waals surface area contributed by atoms with Crippen molar-refractivity contribution in [1.82, 2.24) is 20.1 Å². The third-order valence-corrected chi connectivity index (χ3v) is 2.76. The number of pyridine rings is 1. The van der Waals surface area contributed by atoms with Crippen LogP contribution in [0.3, 0.4) is 0 Å². The minimum absolute atomic E-state index is 0.245. The average molecular weight is 245 g/mol. The van der Waals surface area contributed by atoms with Crippen molar-refractivity contribution in [2.75, 3.05) is 5.73 Å². The van der Waals surface area contributed by atoms with Crippen molar-refractivity contribution in [1.29, 1.82) is 0 Å². The van der Waals surface area contributed by atoms with E-state index in [0.29, 0.717) is 17.9 Å². The number of carbonyl (C=O) groups excluding carboxylic acids is 1. The highest BCUT2D eigenvalue weighted by Crippen LogP contribution is 2.09. The normalized spacial score (nSPS) is 10.3. The molecule has 18 heavy (non-hydrogen) atoms. The van der Waals surface area contributed by atoms with Crippen molar-refractivity contribution >= 4 is 11.7 Å². The molecule has 0 atom stereocenters. The van der Waals surface area contributed by atoms with Gasteiger partial charge in [0.2, 0.25) is 0 Å². The van der Waals surface area contributed by atoms with Gasteiger partial charge in [0.25, 0.3) is 5.91 Å². The monoisotopic (exact) mass is 245 g/mol. The molecule has 0 aliphatic heterocycles. The average Bonchev–Trinajstić information content (AvgIpc) is 2.69. The molecule has 2 aromatic heterocycles. The van der Waals surface area contributed by atoms with E-state index in [0.717, 1.165) is 11.3 Å². The summed E-state index contributed by atoms with van der Waals surface area (Å²) in [5, 5.41) is 6.70. The first-order chi connectivity index (χ1) is 8.59. The van der Waals surface area contributed by atoms with E-state index in [1.807, 2.05) is 19.1 Å². The van der Waals surface area contributed by atoms with Crippen LogP contribution in [0.25, 0.3) is 0 Å². The number of anilines is 1. The molecule has 0 unspecified atom stereocenters. The zero-order valence-corrected chi connectivity index (χ0v) is 10.3. The number of nitrogens with two attached hydrogens (primary N) is 1. The van der Waals surface area contributed by atoms with Gasteiger partial charge in [-0.2, -0.15) is 5.10 Å². The quantitative estimate of drug-likeness (QED) is 0.830. The van der Waals surface area contributed by atoms with Gasteiger partial charge in [0.1, 0.15) is 11.4 Å². The Balaban J connectivity index is 2.05. The lowest BCUT2D eigenvalue weighted by Gasteiger charge is -2.06. The Morgan fingerprint density at radius 1 is 1.56 bits per heavy atom. The number of aryl methyl sites for hydroxylation is 2.